The van der Waals surface area contributed by atoms with E-state index in [1.807, 2.05) is 67.6 Å². The molecule has 0 saturated heterocycles. The molecule has 25 heavy (non-hydrogen) atoms. The first-order valence-electron chi connectivity index (χ1n) is 8.22. The van der Waals surface area contributed by atoms with Crippen LogP contribution in [-0.4, -0.2) is 17.9 Å². The van der Waals surface area contributed by atoms with Crippen molar-refractivity contribution in [1.29, 1.82) is 0 Å². The number of benzene rings is 2. The molecule has 1 heterocycles. The normalized spacial score (nSPS) is 11.8. The van der Waals surface area contributed by atoms with Gasteiger partial charge in [0.15, 0.2) is 0 Å². The summed E-state index contributed by atoms with van der Waals surface area (Å²) in [6.45, 7) is 2.03. The Labute approximate surface area is 147 Å². The van der Waals surface area contributed by atoms with E-state index >= 15 is 0 Å². The zero-order valence-electron chi connectivity index (χ0n) is 14.4. The summed E-state index contributed by atoms with van der Waals surface area (Å²) in [5.74, 6) is -0.0805. The highest BCUT2D eigenvalue weighted by atomic mass is 16.2. The highest BCUT2D eigenvalue weighted by molar-refractivity contribution is 5.95. The van der Waals surface area contributed by atoms with Gasteiger partial charge in [-0.2, -0.15) is 0 Å². The minimum Gasteiger partial charge on any atom is -0.324 e. The van der Waals surface area contributed by atoms with Gasteiger partial charge in [-0.25, -0.2) is 0 Å². The number of nitrogens with one attached hydrogen (secondary N) is 2. The van der Waals surface area contributed by atoms with Crippen molar-refractivity contribution in [3.63, 3.8) is 0 Å². The van der Waals surface area contributed by atoms with Gasteiger partial charge < -0.3 is 10.6 Å². The van der Waals surface area contributed by atoms with E-state index in [9.17, 15) is 4.79 Å². The van der Waals surface area contributed by atoms with E-state index in [4.69, 9.17) is 0 Å². The smallest absolute Gasteiger partial charge is 0.246 e. The highest BCUT2D eigenvalue weighted by Crippen LogP contribution is 2.22. The number of pyridine rings is 1. The number of anilines is 1. The zero-order valence-corrected chi connectivity index (χ0v) is 14.4. The van der Waals surface area contributed by atoms with Crippen molar-refractivity contribution in [2.24, 2.45) is 0 Å². The minimum absolute atomic E-state index is 0.0805. The molecule has 0 saturated carbocycles. The third-order valence-corrected chi connectivity index (χ3v) is 4.13. The Morgan fingerprint density at radius 1 is 0.880 bits per heavy atom. The molecule has 0 bridgehead atoms. The van der Waals surface area contributed by atoms with Crippen LogP contribution in [0.3, 0.4) is 0 Å². The minimum atomic E-state index is -0.388. The number of amides is 1. The van der Waals surface area contributed by atoms with Gasteiger partial charge in [-0.3, -0.25) is 9.78 Å². The lowest BCUT2D eigenvalue weighted by Crippen LogP contribution is -2.30. The monoisotopic (exact) mass is 331 g/mol. The van der Waals surface area contributed by atoms with E-state index in [-0.39, 0.29) is 11.9 Å². The third kappa shape index (κ3) is 4.11. The molecule has 0 fully saturated rings. The van der Waals surface area contributed by atoms with Crippen LogP contribution in [0.2, 0.25) is 0 Å². The Balaban J connectivity index is 1.72. The fourth-order valence-corrected chi connectivity index (χ4v) is 2.71. The lowest BCUT2D eigenvalue weighted by molar-refractivity contribution is -0.118. The van der Waals surface area contributed by atoms with E-state index in [1.165, 1.54) is 5.56 Å². The predicted molar refractivity (Wildman–Crippen MR) is 101 cm³/mol. The summed E-state index contributed by atoms with van der Waals surface area (Å²) in [6.07, 6.45) is 3.54. The van der Waals surface area contributed by atoms with Crippen molar-refractivity contribution in [2.45, 2.75) is 13.0 Å². The van der Waals surface area contributed by atoms with Gasteiger partial charge >= 0.3 is 0 Å². The Kier molecular flexibility index (Phi) is 5.21. The largest absolute Gasteiger partial charge is 0.324 e. The maximum absolute atomic E-state index is 12.6. The van der Waals surface area contributed by atoms with Gasteiger partial charge in [-0.1, -0.05) is 42.0 Å². The Morgan fingerprint density at radius 2 is 1.48 bits per heavy atom. The van der Waals surface area contributed by atoms with Crippen LogP contribution < -0.4 is 10.6 Å². The van der Waals surface area contributed by atoms with Crippen molar-refractivity contribution in [3.8, 4) is 11.1 Å². The first kappa shape index (κ1) is 16.9. The zero-order chi connectivity index (χ0) is 17.6. The van der Waals surface area contributed by atoms with Gasteiger partial charge in [0.05, 0.1) is 0 Å². The number of carbonyl (C=O) groups excluding carboxylic acids is 1. The van der Waals surface area contributed by atoms with E-state index < -0.39 is 0 Å². The number of aromatic nitrogens is 1. The van der Waals surface area contributed by atoms with Crippen molar-refractivity contribution in [2.75, 3.05) is 12.4 Å². The summed E-state index contributed by atoms with van der Waals surface area (Å²) in [6, 6.07) is 19.3. The second kappa shape index (κ2) is 7.73. The first-order valence-corrected chi connectivity index (χ1v) is 8.22. The fourth-order valence-electron chi connectivity index (χ4n) is 2.71. The van der Waals surface area contributed by atoms with Crippen LogP contribution in [-0.2, 0) is 4.79 Å². The molecule has 0 aliphatic heterocycles. The number of nitrogens with zero attached hydrogens (tertiary/aromatic N) is 1. The van der Waals surface area contributed by atoms with Crippen LogP contribution in [0.25, 0.3) is 11.1 Å². The molecule has 1 aromatic heterocycles. The average Bonchev–Trinajstić information content (AvgIpc) is 2.65. The molecule has 0 radical (unpaired) electrons. The molecule has 1 unspecified atom stereocenters. The Bertz CT molecular complexity index is 827. The standard InChI is InChI=1S/C21H21N3O/c1-15-3-5-18(6-4-15)20(22-2)21(25)24-19-9-7-16(8-10-19)17-11-13-23-14-12-17/h3-14,20,22H,1-2H3,(H,24,25). The van der Waals surface area contributed by atoms with Gasteiger partial charge in [-0.05, 0) is 54.9 Å². The summed E-state index contributed by atoms with van der Waals surface area (Å²) >= 11 is 0. The van der Waals surface area contributed by atoms with Crippen LogP contribution in [0.4, 0.5) is 5.69 Å². The van der Waals surface area contributed by atoms with Gasteiger partial charge in [0.1, 0.15) is 6.04 Å². The molecule has 126 valence electrons. The van der Waals surface area contributed by atoms with Gasteiger partial charge in [0.2, 0.25) is 5.91 Å². The van der Waals surface area contributed by atoms with E-state index in [0.29, 0.717) is 0 Å². The SMILES string of the molecule is CNC(C(=O)Nc1ccc(-c2ccncc2)cc1)c1ccc(C)cc1. The molecule has 0 spiro atoms. The number of hydrogen-bond donors (Lipinski definition) is 2. The summed E-state index contributed by atoms with van der Waals surface area (Å²) in [5, 5.41) is 6.05. The van der Waals surface area contributed by atoms with Crippen LogP contribution in [0.1, 0.15) is 17.2 Å². The number of hydrogen-bond acceptors (Lipinski definition) is 3. The predicted octanol–water partition coefficient (Wildman–Crippen LogP) is 3.96. The second-order valence-corrected chi connectivity index (χ2v) is 5.93. The maximum atomic E-state index is 12.6. The second-order valence-electron chi connectivity index (χ2n) is 5.93. The van der Waals surface area contributed by atoms with Crippen molar-refractivity contribution in [3.05, 3.63) is 84.2 Å². The lowest BCUT2D eigenvalue weighted by atomic mass is 10.0. The Morgan fingerprint density at radius 3 is 2.08 bits per heavy atom. The molecule has 2 N–H and O–H groups in total. The van der Waals surface area contributed by atoms with Crippen LogP contribution in [0.15, 0.2) is 73.1 Å². The molecule has 4 nitrogen and oxygen atoms in total. The third-order valence-electron chi connectivity index (χ3n) is 4.13. The van der Waals surface area contributed by atoms with E-state index in [0.717, 1.165) is 22.4 Å². The topological polar surface area (TPSA) is 54.0 Å². The van der Waals surface area contributed by atoms with E-state index in [2.05, 4.69) is 15.6 Å². The summed E-state index contributed by atoms with van der Waals surface area (Å²) in [7, 11) is 1.79. The maximum Gasteiger partial charge on any atom is 0.246 e. The van der Waals surface area contributed by atoms with Crippen LogP contribution >= 0.6 is 0 Å². The molecular formula is C21H21N3O. The van der Waals surface area contributed by atoms with Crippen molar-refractivity contribution in [1.82, 2.24) is 10.3 Å². The molecule has 0 aliphatic carbocycles. The number of carbonyl (C=O) groups is 1. The van der Waals surface area contributed by atoms with Gasteiger partial charge in [0.25, 0.3) is 0 Å². The molecule has 2 aromatic carbocycles. The molecule has 4 heteroatoms. The molecule has 3 rings (SSSR count). The molecule has 1 atom stereocenters. The molecule has 1 amide bonds. The van der Waals surface area contributed by atoms with Gasteiger partial charge in [-0.15, -0.1) is 0 Å². The number of rotatable bonds is 5. The number of aryl methyl sites for hydroxylation is 1. The number of likely N-dealkylation sites (N-methyl/N-ethyl adjacent to an activating group) is 1. The molecule has 3 aromatic rings. The van der Waals surface area contributed by atoms with E-state index in [1.54, 1.807) is 19.4 Å². The first-order chi connectivity index (χ1) is 12.2. The fraction of sp³-hybridized carbons (Fsp3) is 0.143. The summed E-state index contributed by atoms with van der Waals surface area (Å²) < 4.78 is 0. The van der Waals surface area contributed by atoms with Crippen LogP contribution in [0.5, 0.6) is 0 Å². The van der Waals surface area contributed by atoms with Gasteiger partial charge in [0, 0.05) is 18.1 Å². The van der Waals surface area contributed by atoms with Crippen molar-refractivity contribution >= 4 is 11.6 Å². The summed E-state index contributed by atoms with van der Waals surface area (Å²) in [4.78, 5) is 16.6. The molecule has 0 aliphatic rings. The lowest BCUT2D eigenvalue weighted by Gasteiger charge is -2.17. The highest BCUT2D eigenvalue weighted by Gasteiger charge is 2.18. The van der Waals surface area contributed by atoms with Crippen molar-refractivity contribution < 1.29 is 4.79 Å². The molecular weight excluding hydrogens is 310 g/mol. The van der Waals surface area contributed by atoms with Crippen LogP contribution in [0, 0.1) is 6.92 Å². The quantitative estimate of drug-likeness (QED) is 0.744. The summed E-state index contributed by atoms with van der Waals surface area (Å²) in [5.41, 5.74) is 5.07. The Hall–Kier alpha value is -2.98. The average molecular weight is 331 g/mol.